The lowest BCUT2D eigenvalue weighted by Crippen LogP contribution is -2.45. The molecule has 27 heavy (non-hydrogen) atoms. The molecular formula is C21H23N3O2S. The Morgan fingerprint density at radius 2 is 2.11 bits per heavy atom. The molecule has 1 aliphatic rings. The van der Waals surface area contributed by atoms with Crippen molar-refractivity contribution < 1.29 is 9.59 Å². The van der Waals surface area contributed by atoms with E-state index in [4.69, 9.17) is 0 Å². The molecule has 0 saturated carbocycles. The molecule has 2 amide bonds. The number of amides is 2. The molecule has 0 aliphatic carbocycles. The number of likely N-dealkylation sites (tertiary alicyclic amines) is 1. The lowest BCUT2D eigenvalue weighted by atomic mass is 9.97. The van der Waals surface area contributed by atoms with Crippen LogP contribution in [0.1, 0.15) is 28.1 Å². The highest BCUT2D eigenvalue weighted by atomic mass is 32.1. The molecule has 1 atom stereocenters. The van der Waals surface area contributed by atoms with E-state index in [1.165, 1.54) is 22.3 Å². The van der Waals surface area contributed by atoms with Crippen LogP contribution in [0.25, 0.3) is 10.9 Å². The topological polar surface area (TPSA) is 65.2 Å². The normalized spacial score (nSPS) is 17.2. The van der Waals surface area contributed by atoms with Gasteiger partial charge in [0.15, 0.2) is 0 Å². The molecule has 1 saturated heterocycles. The predicted molar refractivity (Wildman–Crippen MR) is 108 cm³/mol. The molecule has 0 spiro atoms. The van der Waals surface area contributed by atoms with Crippen molar-refractivity contribution in [1.82, 2.24) is 15.2 Å². The monoisotopic (exact) mass is 381 g/mol. The first kappa shape index (κ1) is 17.8. The van der Waals surface area contributed by atoms with Crippen LogP contribution in [0.15, 0.2) is 48.0 Å². The van der Waals surface area contributed by atoms with Gasteiger partial charge in [-0.15, -0.1) is 11.3 Å². The van der Waals surface area contributed by atoms with Crippen molar-refractivity contribution in [3.63, 3.8) is 0 Å². The number of aromatic nitrogens is 1. The highest BCUT2D eigenvalue weighted by Crippen LogP contribution is 2.21. The van der Waals surface area contributed by atoms with Crippen molar-refractivity contribution in [3.8, 4) is 0 Å². The van der Waals surface area contributed by atoms with Crippen molar-refractivity contribution in [2.24, 2.45) is 5.92 Å². The second-order valence-electron chi connectivity index (χ2n) is 6.97. The van der Waals surface area contributed by atoms with Crippen LogP contribution in [0.5, 0.6) is 0 Å². The number of benzene rings is 1. The Labute approximate surface area is 162 Å². The molecule has 0 radical (unpaired) electrons. The van der Waals surface area contributed by atoms with Crippen molar-refractivity contribution in [3.05, 3.63) is 58.4 Å². The highest BCUT2D eigenvalue weighted by molar-refractivity contribution is 7.12. The third kappa shape index (κ3) is 3.90. The average molecular weight is 382 g/mol. The number of rotatable bonds is 5. The molecule has 2 N–H and O–H groups in total. The van der Waals surface area contributed by atoms with Crippen LogP contribution >= 0.6 is 11.3 Å². The van der Waals surface area contributed by atoms with Gasteiger partial charge in [-0.2, -0.15) is 0 Å². The maximum absolute atomic E-state index is 12.6. The Kier molecular flexibility index (Phi) is 5.25. The van der Waals surface area contributed by atoms with Crippen LogP contribution in [0.4, 0.5) is 0 Å². The molecule has 4 rings (SSSR count). The van der Waals surface area contributed by atoms with E-state index in [0.717, 1.165) is 36.2 Å². The van der Waals surface area contributed by atoms with Crippen LogP contribution in [-0.4, -0.2) is 41.3 Å². The number of carbonyl (C=O) groups excluding carboxylic acids is 2. The van der Waals surface area contributed by atoms with E-state index in [1.54, 1.807) is 0 Å². The quantitative estimate of drug-likeness (QED) is 0.711. The molecule has 1 aromatic carbocycles. The summed E-state index contributed by atoms with van der Waals surface area (Å²) >= 11 is 1.45. The number of piperidine rings is 1. The van der Waals surface area contributed by atoms with Crippen LogP contribution in [0.3, 0.4) is 0 Å². The summed E-state index contributed by atoms with van der Waals surface area (Å²) in [6.07, 6.45) is 4.52. The second-order valence-corrected chi connectivity index (χ2v) is 7.92. The Bertz CT molecular complexity index is 932. The Balaban J connectivity index is 1.31. The largest absolute Gasteiger partial charge is 0.361 e. The number of carbonyl (C=O) groups is 2. The third-order valence-electron chi connectivity index (χ3n) is 5.18. The van der Waals surface area contributed by atoms with Gasteiger partial charge >= 0.3 is 0 Å². The Morgan fingerprint density at radius 1 is 1.22 bits per heavy atom. The fraction of sp³-hybridized carbons (Fsp3) is 0.333. The smallest absolute Gasteiger partial charge is 0.263 e. The fourth-order valence-electron chi connectivity index (χ4n) is 3.73. The number of fused-ring (bicyclic) bond motifs is 1. The Morgan fingerprint density at radius 3 is 2.96 bits per heavy atom. The van der Waals surface area contributed by atoms with Gasteiger partial charge in [-0.1, -0.05) is 24.3 Å². The standard InChI is InChI=1S/C21H23N3O2S/c25-20(22-10-9-15-13-23-18-7-2-1-6-17(15)18)16-5-3-11-24(14-16)21(26)19-8-4-12-27-19/h1-2,4,6-8,12-13,16,23H,3,5,9-11,14H2,(H,22,25)/t16-/m0/s1. The van der Waals surface area contributed by atoms with E-state index in [2.05, 4.69) is 22.4 Å². The van der Waals surface area contributed by atoms with Gasteiger partial charge in [0.05, 0.1) is 10.8 Å². The fourth-order valence-corrected chi connectivity index (χ4v) is 4.43. The second kappa shape index (κ2) is 7.96. The molecule has 140 valence electrons. The van der Waals surface area contributed by atoms with E-state index >= 15 is 0 Å². The van der Waals surface area contributed by atoms with E-state index in [9.17, 15) is 9.59 Å². The number of hydrogen-bond acceptors (Lipinski definition) is 3. The van der Waals surface area contributed by atoms with Crippen LogP contribution in [-0.2, 0) is 11.2 Å². The minimum Gasteiger partial charge on any atom is -0.361 e. The molecule has 5 nitrogen and oxygen atoms in total. The molecule has 2 aromatic heterocycles. The first-order valence-electron chi connectivity index (χ1n) is 9.38. The molecule has 3 heterocycles. The predicted octanol–water partition coefficient (Wildman–Crippen LogP) is 3.44. The molecule has 0 bridgehead atoms. The Hall–Kier alpha value is -2.60. The summed E-state index contributed by atoms with van der Waals surface area (Å²) in [5.41, 5.74) is 2.33. The van der Waals surface area contributed by atoms with Gasteiger partial charge in [0.2, 0.25) is 5.91 Å². The summed E-state index contributed by atoms with van der Waals surface area (Å²) in [7, 11) is 0. The van der Waals surface area contributed by atoms with E-state index in [0.29, 0.717) is 13.1 Å². The van der Waals surface area contributed by atoms with Crippen molar-refractivity contribution in [1.29, 1.82) is 0 Å². The zero-order chi connectivity index (χ0) is 18.6. The van der Waals surface area contributed by atoms with Crippen molar-refractivity contribution in [2.75, 3.05) is 19.6 Å². The lowest BCUT2D eigenvalue weighted by Gasteiger charge is -2.31. The number of hydrogen-bond donors (Lipinski definition) is 2. The summed E-state index contributed by atoms with van der Waals surface area (Å²) in [6.45, 7) is 1.85. The summed E-state index contributed by atoms with van der Waals surface area (Å²) < 4.78 is 0. The first-order valence-corrected chi connectivity index (χ1v) is 10.3. The van der Waals surface area contributed by atoms with Crippen molar-refractivity contribution >= 4 is 34.1 Å². The van der Waals surface area contributed by atoms with Gasteiger partial charge in [0, 0.05) is 36.7 Å². The van der Waals surface area contributed by atoms with Gasteiger partial charge in [-0.3, -0.25) is 9.59 Å². The van der Waals surface area contributed by atoms with Crippen LogP contribution in [0.2, 0.25) is 0 Å². The van der Waals surface area contributed by atoms with Crippen molar-refractivity contribution in [2.45, 2.75) is 19.3 Å². The molecule has 3 aromatic rings. The SMILES string of the molecule is O=C(NCCc1c[nH]c2ccccc12)[C@H]1CCCN(C(=O)c2cccs2)C1. The molecule has 1 fully saturated rings. The number of nitrogens with zero attached hydrogens (tertiary/aromatic N) is 1. The zero-order valence-corrected chi connectivity index (χ0v) is 15.9. The average Bonchev–Trinajstić information content (AvgIpc) is 3.38. The summed E-state index contributed by atoms with van der Waals surface area (Å²) in [5.74, 6) is -0.0227. The lowest BCUT2D eigenvalue weighted by molar-refractivity contribution is -0.126. The summed E-state index contributed by atoms with van der Waals surface area (Å²) in [6, 6.07) is 11.9. The van der Waals surface area contributed by atoms with Gasteiger partial charge in [0.1, 0.15) is 0 Å². The molecule has 1 aliphatic heterocycles. The maximum Gasteiger partial charge on any atom is 0.263 e. The van der Waals surface area contributed by atoms with E-state index in [-0.39, 0.29) is 17.7 Å². The number of nitrogens with one attached hydrogen (secondary N) is 2. The number of aromatic amines is 1. The minimum atomic E-state index is -0.120. The first-order chi connectivity index (χ1) is 13.2. The van der Waals surface area contributed by atoms with Gasteiger partial charge < -0.3 is 15.2 Å². The summed E-state index contributed by atoms with van der Waals surface area (Å²) in [4.78, 5) is 30.9. The number of H-pyrrole nitrogens is 1. The molecular weight excluding hydrogens is 358 g/mol. The highest BCUT2D eigenvalue weighted by Gasteiger charge is 2.29. The maximum atomic E-state index is 12.6. The van der Waals surface area contributed by atoms with Crippen LogP contribution in [0, 0.1) is 5.92 Å². The van der Waals surface area contributed by atoms with E-state index in [1.807, 2.05) is 40.7 Å². The summed E-state index contributed by atoms with van der Waals surface area (Å²) in [5, 5.41) is 6.18. The van der Waals surface area contributed by atoms with Gasteiger partial charge in [0.25, 0.3) is 5.91 Å². The minimum absolute atomic E-state index is 0.0429. The molecule has 0 unspecified atom stereocenters. The molecule has 6 heteroatoms. The van der Waals surface area contributed by atoms with E-state index < -0.39 is 0 Å². The van der Waals surface area contributed by atoms with Crippen LogP contribution < -0.4 is 5.32 Å². The van der Waals surface area contributed by atoms with Gasteiger partial charge in [-0.25, -0.2) is 0 Å². The number of para-hydroxylation sites is 1. The zero-order valence-electron chi connectivity index (χ0n) is 15.1. The number of thiophene rings is 1. The third-order valence-corrected chi connectivity index (χ3v) is 6.04. The van der Waals surface area contributed by atoms with Gasteiger partial charge in [-0.05, 0) is 42.3 Å².